The van der Waals surface area contributed by atoms with Crippen LogP contribution in [0.15, 0.2) is 18.2 Å². The molecule has 1 aromatic rings. The van der Waals surface area contributed by atoms with Crippen molar-refractivity contribution < 1.29 is 13.9 Å². The Labute approximate surface area is 121 Å². The zero-order chi connectivity index (χ0) is 14.5. The highest BCUT2D eigenvalue weighted by atomic mass is 35.5. The third-order valence-electron chi connectivity index (χ3n) is 3.28. The van der Waals surface area contributed by atoms with Crippen molar-refractivity contribution in [3.63, 3.8) is 0 Å². The zero-order valence-electron chi connectivity index (χ0n) is 10.8. The fourth-order valence-corrected chi connectivity index (χ4v) is 2.30. The van der Waals surface area contributed by atoms with Crippen molar-refractivity contribution in [1.29, 1.82) is 5.26 Å². The molecule has 0 atom stereocenters. The molecule has 0 radical (unpaired) electrons. The number of nitriles is 1. The molecule has 0 spiro atoms. The molecule has 0 N–H and O–H groups in total. The van der Waals surface area contributed by atoms with Gasteiger partial charge in [0.2, 0.25) is 0 Å². The van der Waals surface area contributed by atoms with Gasteiger partial charge in [0.25, 0.3) is 5.91 Å². The number of ether oxygens (including phenoxy) is 1. The Morgan fingerprint density at radius 1 is 1.50 bits per heavy atom. The van der Waals surface area contributed by atoms with Crippen LogP contribution in [-0.4, -0.2) is 30.5 Å². The second kappa shape index (κ2) is 6.58. The van der Waals surface area contributed by atoms with Crippen LogP contribution in [0.2, 0.25) is 5.02 Å². The van der Waals surface area contributed by atoms with Crippen LogP contribution in [-0.2, 0) is 4.79 Å². The van der Waals surface area contributed by atoms with Gasteiger partial charge in [-0.25, -0.2) is 4.39 Å². The molecule has 1 aliphatic heterocycles. The van der Waals surface area contributed by atoms with Crippen LogP contribution in [0.25, 0.3) is 0 Å². The van der Waals surface area contributed by atoms with E-state index in [0.717, 1.165) is 6.07 Å². The highest BCUT2D eigenvalue weighted by molar-refractivity contribution is 6.32. The standard InChI is InChI=1S/C14H14ClFN2O2/c15-12-7-11(16)1-2-13(12)20-9-14(19)18-5-3-10(8-17)4-6-18/h1-2,7,10H,3-6,9H2. The van der Waals surface area contributed by atoms with Crippen LogP contribution in [0.4, 0.5) is 4.39 Å². The Morgan fingerprint density at radius 3 is 2.80 bits per heavy atom. The Bertz CT molecular complexity index is 536. The summed E-state index contributed by atoms with van der Waals surface area (Å²) in [4.78, 5) is 13.6. The van der Waals surface area contributed by atoms with Crippen molar-refractivity contribution in [2.45, 2.75) is 12.8 Å². The van der Waals surface area contributed by atoms with Crippen molar-refractivity contribution in [2.24, 2.45) is 5.92 Å². The molecule has 1 aromatic carbocycles. The summed E-state index contributed by atoms with van der Waals surface area (Å²) in [5.74, 6) is -0.283. The molecule has 2 rings (SSSR count). The molecule has 20 heavy (non-hydrogen) atoms. The molecule has 1 saturated heterocycles. The summed E-state index contributed by atoms with van der Waals surface area (Å²) in [5.41, 5.74) is 0. The summed E-state index contributed by atoms with van der Waals surface area (Å²) in [6, 6.07) is 5.97. The van der Waals surface area contributed by atoms with Gasteiger partial charge < -0.3 is 9.64 Å². The van der Waals surface area contributed by atoms with Gasteiger partial charge in [-0.05, 0) is 31.0 Å². The van der Waals surface area contributed by atoms with E-state index in [-0.39, 0.29) is 29.2 Å². The van der Waals surface area contributed by atoms with Crippen LogP contribution in [0, 0.1) is 23.1 Å². The molecule has 0 bridgehead atoms. The van der Waals surface area contributed by atoms with E-state index in [2.05, 4.69) is 6.07 Å². The molecule has 1 fully saturated rings. The van der Waals surface area contributed by atoms with Gasteiger partial charge in [-0.15, -0.1) is 0 Å². The van der Waals surface area contributed by atoms with Crippen molar-refractivity contribution in [1.82, 2.24) is 4.90 Å². The summed E-state index contributed by atoms with van der Waals surface area (Å²) in [6.07, 6.45) is 1.39. The Morgan fingerprint density at radius 2 is 2.20 bits per heavy atom. The fraction of sp³-hybridized carbons (Fsp3) is 0.429. The molecule has 1 heterocycles. The predicted molar refractivity (Wildman–Crippen MR) is 71.8 cm³/mol. The lowest BCUT2D eigenvalue weighted by Gasteiger charge is -2.29. The fourth-order valence-electron chi connectivity index (χ4n) is 2.08. The van der Waals surface area contributed by atoms with Gasteiger partial charge in [-0.2, -0.15) is 5.26 Å². The number of rotatable bonds is 3. The average Bonchev–Trinajstić information content (AvgIpc) is 2.46. The summed E-state index contributed by atoms with van der Waals surface area (Å²) in [5, 5.41) is 8.94. The first-order chi connectivity index (χ1) is 9.60. The SMILES string of the molecule is N#CC1CCN(C(=O)COc2ccc(F)cc2Cl)CC1. The second-order valence-electron chi connectivity index (χ2n) is 4.65. The molecule has 0 saturated carbocycles. The molecular formula is C14H14ClFN2O2. The molecule has 106 valence electrons. The number of benzene rings is 1. The van der Waals surface area contributed by atoms with E-state index in [0.29, 0.717) is 25.9 Å². The van der Waals surface area contributed by atoms with Gasteiger partial charge in [0.1, 0.15) is 11.6 Å². The number of carbonyl (C=O) groups is 1. The van der Waals surface area contributed by atoms with Crippen LogP contribution in [0.1, 0.15) is 12.8 Å². The van der Waals surface area contributed by atoms with Gasteiger partial charge in [-0.3, -0.25) is 4.79 Å². The highest BCUT2D eigenvalue weighted by Gasteiger charge is 2.22. The van der Waals surface area contributed by atoms with Crippen LogP contribution in [0.5, 0.6) is 5.75 Å². The monoisotopic (exact) mass is 296 g/mol. The van der Waals surface area contributed by atoms with Gasteiger partial charge in [0.05, 0.1) is 11.1 Å². The van der Waals surface area contributed by atoms with Gasteiger partial charge >= 0.3 is 0 Å². The Kier molecular flexibility index (Phi) is 4.80. The molecule has 1 aliphatic rings. The summed E-state index contributed by atoms with van der Waals surface area (Å²) >= 11 is 5.81. The summed E-state index contributed by atoms with van der Waals surface area (Å²) < 4.78 is 18.2. The lowest BCUT2D eigenvalue weighted by atomic mass is 9.99. The van der Waals surface area contributed by atoms with Crippen LogP contribution >= 0.6 is 11.6 Å². The van der Waals surface area contributed by atoms with Gasteiger partial charge in [-0.1, -0.05) is 11.6 Å². The third-order valence-corrected chi connectivity index (χ3v) is 3.57. The molecule has 0 aromatic heterocycles. The normalized spacial score (nSPS) is 15.8. The van der Waals surface area contributed by atoms with Crippen molar-refractivity contribution in [3.8, 4) is 11.8 Å². The highest BCUT2D eigenvalue weighted by Crippen LogP contribution is 2.25. The first-order valence-corrected chi connectivity index (χ1v) is 6.73. The summed E-state index contributed by atoms with van der Waals surface area (Å²) in [7, 11) is 0. The van der Waals surface area contributed by atoms with E-state index in [1.807, 2.05) is 0 Å². The first-order valence-electron chi connectivity index (χ1n) is 6.35. The Balaban J connectivity index is 1.85. The zero-order valence-corrected chi connectivity index (χ0v) is 11.6. The maximum Gasteiger partial charge on any atom is 0.260 e. The van der Waals surface area contributed by atoms with E-state index in [1.54, 1.807) is 4.90 Å². The van der Waals surface area contributed by atoms with Crippen molar-refractivity contribution in [2.75, 3.05) is 19.7 Å². The van der Waals surface area contributed by atoms with Gasteiger partial charge in [0.15, 0.2) is 6.61 Å². The van der Waals surface area contributed by atoms with E-state index in [1.165, 1.54) is 12.1 Å². The lowest BCUT2D eigenvalue weighted by Crippen LogP contribution is -2.40. The molecule has 4 nitrogen and oxygen atoms in total. The largest absolute Gasteiger partial charge is 0.482 e. The van der Waals surface area contributed by atoms with Crippen molar-refractivity contribution in [3.05, 3.63) is 29.0 Å². The topological polar surface area (TPSA) is 53.3 Å². The molecular weight excluding hydrogens is 283 g/mol. The average molecular weight is 297 g/mol. The number of hydrogen-bond acceptors (Lipinski definition) is 3. The van der Waals surface area contributed by atoms with E-state index in [4.69, 9.17) is 21.6 Å². The maximum atomic E-state index is 12.9. The predicted octanol–water partition coefficient (Wildman–Crippen LogP) is 2.62. The van der Waals surface area contributed by atoms with Gasteiger partial charge in [0, 0.05) is 19.0 Å². The third kappa shape index (κ3) is 3.61. The maximum absolute atomic E-state index is 12.9. The first kappa shape index (κ1) is 14.6. The number of halogens is 2. The van der Waals surface area contributed by atoms with E-state index >= 15 is 0 Å². The summed E-state index contributed by atoms with van der Waals surface area (Å²) in [6.45, 7) is 0.998. The van der Waals surface area contributed by atoms with Crippen LogP contribution in [0.3, 0.4) is 0 Å². The van der Waals surface area contributed by atoms with Crippen molar-refractivity contribution >= 4 is 17.5 Å². The Hall–Kier alpha value is -1.80. The number of hydrogen-bond donors (Lipinski definition) is 0. The smallest absolute Gasteiger partial charge is 0.260 e. The number of likely N-dealkylation sites (tertiary alicyclic amines) is 1. The second-order valence-corrected chi connectivity index (χ2v) is 5.05. The molecule has 1 amide bonds. The molecule has 0 unspecified atom stereocenters. The molecule has 0 aliphatic carbocycles. The number of amides is 1. The minimum absolute atomic E-state index is 0.0338. The van der Waals surface area contributed by atoms with Crippen LogP contribution < -0.4 is 4.74 Å². The van der Waals surface area contributed by atoms with E-state index in [9.17, 15) is 9.18 Å². The quantitative estimate of drug-likeness (QED) is 0.861. The number of nitrogens with zero attached hydrogens (tertiary/aromatic N) is 2. The number of carbonyl (C=O) groups excluding carboxylic acids is 1. The number of piperidine rings is 1. The van der Waals surface area contributed by atoms with E-state index < -0.39 is 5.82 Å². The molecule has 6 heteroatoms. The lowest BCUT2D eigenvalue weighted by molar-refractivity contribution is -0.134. The minimum Gasteiger partial charge on any atom is -0.482 e. The minimum atomic E-state index is -0.452.